The number of hydrogen-bond acceptors (Lipinski definition) is 4. The van der Waals surface area contributed by atoms with Crippen LogP contribution in [0.3, 0.4) is 0 Å². The van der Waals surface area contributed by atoms with E-state index in [1.54, 1.807) is 11.8 Å². The van der Waals surface area contributed by atoms with Gasteiger partial charge in [0.1, 0.15) is 6.04 Å². The minimum absolute atomic E-state index is 0.0781. The van der Waals surface area contributed by atoms with Crippen LogP contribution in [0.1, 0.15) is 46.0 Å². The smallest absolute Gasteiger partial charge is 0.328 e. The quantitative estimate of drug-likeness (QED) is 0.793. The van der Waals surface area contributed by atoms with Gasteiger partial charge in [0.25, 0.3) is 0 Å². The molecule has 2 heterocycles. The number of rotatable bonds is 3. The lowest BCUT2D eigenvalue weighted by molar-refractivity contribution is -0.157. The van der Waals surface area contributed by atoms with Gasteiger partial charge in [-0.2, -0.15) is 0 Å². The summed E-state index contributed by atoms with van der Waals surface area (Å²) < 4.78 is 5.12. The normalized spacial score (nSPS) is 30.9. The van der Waals surface area contributed by atoms with Crippen molar-refractivity contribution in [2.24, 2.45) is 5.92 Å². The summed E-state index contributed by atoms with van der Waals surface area (Å²) in [5.41, 5.74) is 0. The van der Waals surface area contributed by atoms with E-state index in [0.29, 0.717) is 19.1 Å². The van der Waals surface area contributed by atoms with E-state index in [1.165, 1.54) is 0 Å². The van der Waals surface area contributed by atoms with Gasteiger partial charge in [-0.25, -0.2) is 4.79 Å². The first-order valence-electron chi connectivity index (χ1n) is 7.84. The summed E-state index contributed by atoms with van der Waals surface area (Å²) in [6, 6.07) is -0.510. The van der Waals surface area contributed by atoms with Crippen LogP contribution >= 0.6 is 0 Å². The van der Waals surface area contributed by atoms with Gasteiger partial charge in [-0.15, -0.1) is 0 Å². The topological polar surface area (TPSA) is 58.6 Å². The Kier molecular flexibility index (Phi) is 5.40. The Morgan fingerprint density at radius 3 is 2.80 bits per heavy atom. The lowest BCUT2D eigenvalue weighted by atomic mass is 9.92. The van der Waals surface area contributed by atoms with E-state index in [9.17, 15) is 9.59 Å². The number of carbonyl (C=O) groups is 2. The average molecular weight is 282 g/mol. The van der Waals surface area contributed by atoms with Gasteiger partial charge < -0.3 is 15.0 Å². The molecule has 0 aromatic carbocycles. The van der Waals surface area contributed by atoms with Crippen LogP contribution in [0.5, 0.6) is 0 Å². The van der Waals surface area contributed by atoms with Gasteiger partial charge >= 0.3 is 5.97 Å². The summed E-state index contributed by atoms with van der Waals surface area (Å²) in [5, 5.41) is 3.29. The highest BCUT2D eigenvalue weighted by molar-refractivity contribution is 5.88. The van der Waals surface area contributed by atoms with Gasteiger partial charge in [-0.1, -0.05) is 6.92 Å². The Bertz CT molecular complexity index is 359. The van der Waals surface area contributed by atoms with Crippen molar-refractivity contribution < 1.29 is 14.3 Å². The first-order chi connectivity index (χ1) is 9.63. The Hall–Kier alpha value is -1.10. The molecule has 114 valence electrons. The monoisotopic (exact) mass is 282 g/mol. The second-order valence-corrected chi connectivity index (χ2v) is 5.93. The van der Waals surface area contributed by atoms with Gasteiger partial charge in [0.15, 0.2) is 0 Å². The van der Waals surface area contributed by atoms with E-state index in [0.717, 1.165) is 38.6 Å². The van der Waals surface area contributed by atoms with Crippen molar-refractivity contribution in [2.45, 2.75) is 58.0 Å². The molecule has 1 amide bonds. The molecular formula is C15H26N2O3. The summed E-state index contributed by atoms with van der Waals surface area (Å²) in [6.45, 7) is 5.91. The van der Waals surface area contributed by atoms with Crippen molar-refractivity contribution in [3.8, 4) is 0 Å². The predicted octanol–water partition coefficient (Wildman–Crippen LogP) is 1.32. The van der Waals surface area contributed by atoms with Gasteiger partial charge in [0, 0.05) is 6.54 Å². The molecule has 20 heavy (non-hydrogen) atoms. The molecular weight excluding hydrogens is 256 g/mol. The third-order valence-corrected chi connectivity index (χ3v) is 4.31. The zero-order valence-corrected chi connectivity index (χ0v) is 12.6. The number of piperidine rings is 2. The van der Waals surface area contributed by atoms with Gasteiger partial charge in [-0.05, 0) is 51.5 Å². The second-order valence-electron chi connectivity index (χ2n) is 5.93. The molecule has 2 rings (SSSR count). The number of likely N-dealkylation sites (tertiary alicyclic amines) is 1. The molecule has 5 nitrogen and oxygen atoms in total. The molecule has 0 spiro atoms. The number of nitrogens with one attached hydrogen (secondary N) is 1. The molecule has 2 aliphatic rings. The minimum Gasteiger partial charge on any atom is -0.464 e. The standard InChI is InChI=1S/C15H26N2O3/c1-3-20-15(19)13-6-4-5-9-17(13)14(18)12-10-11(2)7-8-16-12/h11-13,16H,3-10H2,1-2H3. The summed E-state index contributed by atoms with van der Waals surface area (Å²) in [6.07, 6.45) is 4.68. The molecule has 0 aromatic heterocycles. The number of ether oxygens (including phenoxy) is 1. The number of carbonyl (C=O) groups excluding carboxylic acids is 2. The van der Waals surface area contributed by atoms with E-state index in [2.05, 4.69) is 12.2 Å². The van der Waals surface area contributed by atoms with Crippen molar-refractivity contribution in [1.29, 1.82) is 0 Å². The molecule has 5 heteroatoms. The van der Waals surface area contributed by atoms with E-state index in [4.69, 9.17) is 4.74 Å². The van der Waals surface area contributed by atoms with Crippen LogP contribution in [0.2, 0.25) is 0 Å². The van der Waals surface area contributed by atoms with Crippen LogP contribution in [0, 0.1) is 5.92 Å². The largest absolute Gasteiger partial charge is 0.464 e. The maximum atomic E-state index is 12.7. The van der Waals surface area contributed by atoms with Crippen LogP contribution in [-0.4, -0.2) is 48.6 Å². The first kappa shape index (κ1) is 15.3. The molecule has 0 saturated carbocycles. The van der Waals surface area contributed by atoms with Crippen LogP contribution in [0.4, 0.5) is 0 Å². The Morgan fingerprint density at radius 1 is 1.30 bits per heavy atom. The molecule has 0 aromatic rings. The summed E-state index contributed by atoms with van der Waals surface area (Å²) in [4.78, 5) is 26.4. The zero-order valence-electron chi connectivity index (χ0n) is 12.6. The molecule has 2 fully saturated rings. The van der Waals surface area contributed by atoms with Crippen molar-refractivity contribution in [1.82, 2.24) is 10.2 Å². The Balaban J connectivity index is 2.03. The number of nitrogens with zero attached hydrogens (tertiary/aromatic N) is 1. The molecule has 0 aliphatic carbocycles. The molecule has 3 unspecified atom stereocenters. The van der Waals surface area contributed by atoms with E-state index in [1.807, 2.05) is 0 Å². The van der Waals surface area contributed by atoms with E-state index < -0.39 is 0 Å². The van der Waals surface area contributed by atoms with Gasteiger partial charge in [0.2, 0.25) is 5.91 Å². The molecule has 1 N–H and O–H groups in total. The van der Waals surface area contributed by atoms with Crippen LogP contribution in [0.15, 0.2) is 0 Å². The predicted molar refractivity (Wildman–Crippen MR) is 76.2 cm³/mol. The molecule has 2 aliphatic heterocycles. The van der Waals surface area contributed by atoms with Crippen molar-refractivity contribution in [3.63, 3.8) is 0 Å². The van der Waals surface area contributed by atoms with Crippen molar-refractivity contribution in [2.75, 3.05) is 19.7 Å². The first-order valence-corrected chi connectivity index (χ1v) is 7.84. The minimum atomic E-state index is -0.379. The highest BCUT2D eigenvalue weighted by atomic mass is 16.5. The summed E-state index contributed by atoms with van der Waals surface area (Å²) >= 11 is 0. The highest BCUT2D eigenvalue weighted by Gasteiger charge is 2.37. The maximum absolute atomic E-state index is 12.7. The Labute approximate surface area is 121 Å². The fraction of sp³-hybridized carbons (Fsp3) is 0.867. The zero-order chi connectivity index (χ0) is 14.5. The van der Waals surface area contributed by atoms with E-state index in [-0.39, 0.29) is 24.0 Å². The fourth-order valence-corrected chi connectivity index (χ4v) is 3.17. The number of esters is 1. The van der Waals surface area contributed by atoms with E-state index >= 15 is 0 Å². The third kappa shape index (κ3) is 3.51. The summed E-state index contributed by atoms with van der Waals surface area (Å²) in [5.74, 6) is 0.398. The van der Waals surface area contributed by atoms with Crippen LogP contribution in [-0.2, 0) is 14.3 Å². The lowest BCUT2D eigenvalue weighted by Crippen LogP contribution is -2.56. The lowest BCUT2D eigenvalue weighted by Gasteiger charge is -2.38. The Morgan fingerprint density at radius 2 is 2.10 bits per heavy atom. The molecule has 3 atom stereocenters. The van der Waals surface area contributed by atoms with Gasteiger partial charge in [0.05, 0.1) is 12.6 Å². The molecule has 0 bridgehead atoms. The number of amides is 1. The second kappa shape index (κ2) is 7.07. The van der Waals surface area contributed by atoms with Crippen LogP contribution in [0.25, 0.3) is 0 Å². The molecule has 2 saturated heterocycles. The fourth-order valence-electron chi connectivity index (χ4n) is 3.17. The van der Waals surface area contributed by atoms with Crippen molar-refractivity contribution >= 4 is 11.9 Å². The van der Waals surface area contributed by atoms with Crippen LogP contribution < -0.4 is 5.32 Å². The van der Waals surface area contributed by atoms with Crippen molar-refractivity contribution in [3.05, 3.63) is 0 Å². The summed E-state index contributed by atoms with van der Waals surface area (Å²) in [7, 11) is 0. The average Bonchev–Trinajstić information content (AvgIpc) is 2.47. The third-order valence-electron chi connectivity index (χ3n) is 4.31. The SMILES string of the molecule is CCOC(=O)C1CCCCN1C(=O)C1CC(C)CCN1. The molecule has 0 radical (unpaired) electrons. The maximum Gasteiger partial charge on any atom is 0.328 e. The van der Waals surface area contributed by atoms with Gasteiger partial charge in [-0.3, -0.25) is 4.79 Å². The highest BCUT2D eigenvalue weighted by Crippen LogP contribution is 2.22. The number of hydrogen-bond donors (Lipinski definition) is 1.